The minimum atomic E-state index is -4.67. The second-order valence-electron chi connectivity index (χ2n) is 4.69. The lowest BCUT2D eigenvalue weighted by molar-refractivity contribution is -0.385. The number of nitrogens with zero attached hydrogens (tertiary/aromatic N) is 2. The second-order valence-corrected chi connectivity index (χ2v) is 5.13. The highest BCUT2D eigenvalue weighted by Crippen LogP contribution is 2.33. The molecule has 2 aromatic carbocycles. The first-order valence-corrected chi connectivity index (χ1v) is 6.95. The summed E-state index contributed by atoms with van der Waals surface area (Å²) in [6.07, 6.45) is -4.67. The molecule has 0 fully saturated rings. The number of nitro groups is 1. The number of benzene rings is 2. The molecule has 0 atom stereocenters. The number of hydrogen-bond donors (Lipinski definition) is 1. The molecule has 0 aromatic heterocycles. The minimum Gasteiger partial charge on any atom is -0.340 e. The quantitative estimate of drug-likeness (QED) is 0.373. The summed E-state index contributed by atoms with van der Waals surface area (Å²) in [6.45, 7) is 0. The third-order valence-corrected chi connectivity index (χ3v) is 3.36. The number of nitrogens with one attached hydrogen (secondary N) is 1. The van der Waals surface area contributed by atoms with Gasteiger partial charge in [0, 0.05) is 23.8 Å². The molecule has 0 bridgehead atoms. The fourth-order valence-electron chi connectivity index (χ4n) is 1.97. The second kappa shape index (κ2) is 6.88. The molecule has 0 spiro atoms. The van der Waals surface area contributed by atoms with E-state index >= 15 is 0 Å². The van der Waals surface area contributed by atoms with E-state index in [1.165, 1.54) is 7.05 Å². The van der Waals surface area contributed by atoms with E-state index in [2.05, 4.69) is 10.3 Å². The molecule has 0 unspecified atom stereocenters. The fourth-order valence-corrected chi connectivity index (χ4v) is 2.10. The molecule has 9 heteroatoms. The molecule has 0 aliphatic carbocycles. The number of alkyl halides is 3. The van der Waals surface area contributed by atoms with E-state index in [0.29, 0.717) is 16.8 Å². The number of rotatable bonds is 3. The Kier molecular flexibility index (Phi) is 5.08. The Bertz CT molecular complexity index is 790. The first kappa shape index (κ1) is 17.7. The van der Waals surface area contributed by atoms with Gasteiger partial charge in [-0.15, -0.1) is 0 Å². The van der Waals surface area contributed by atoms with Crippen molar-refractivity contribution in [3.05, 3.63) is 68.7 Å². The van der Waals surface area contributed by atoms with Crippen LogP contribution in [0.2, 0.25) is 5.02 Å². The van der Waals surface area contributed by atoms with Crippen LogP contribution in [0.1, 0.15) is 11.1 Å². The lowest BCUT2D eigenvalue weighted by Gasteiger charge is -2.12. The molecule has 2 rings (SSSR count). The largest absolute Gasteiger partial charge is 0.416 e. The van der Waals surface area contributed by atoms with E-state index in [0.717, 1.165) is 12.1 Å². The van der Waals surface area contributed by atoms with Gasteiger partial charge in [0.2, 0.25) is 0 Å². The average molecular weight is 358 g/mol. The Morgan fingerprint density at radius 1 is 1.21 bits per heavy atom. The van der Waals surface area contributed by atoms with Crippen molar-refractivity contribution in [3.63, 3.8) is 0 Å². The number of hydrogen-bond acceptors (Lipinski definition) is 3. The van der Waals surface area contributed by atoms with Crippen molar-refractivity contribution < 1.29 is 18.1 Å². The minimum absolute atomic E-state index is 0.0505. The van der Waals surface area contributed by atoms with E-state index in [9.17, 15) is 23.3 Å². The summed E-state index contributed by atoms with van der Waals surface area (Å²) < 4.78 is 38.2. The highest BCUT2D eigenvalue weighted by molar-refractivity contribution is 6.30. The maximum atomic E-state index is 12.7. The maximum Gasteiger partial charge on any atom is 0.416 e. The van der Waals surface area contributed by atoms with Crippen molar-refractivity contribution >= 4 is 28.8 Å². The first-order chi connectivity index (χ1) is 11.2. The van der Waals surface area contributed by atoms with Gasteiger partial charge >= 0.3 is 6.18 Å². The zero-order chi connectivity index (χ0) is 17.9. The van der Waals surface area contributed by atoms with Gasteiger partial charge in [-0.3, -0.25) is 15.1 Å². The van der Waals surface area contributed by atoms with Gasteiger partial charge in [-0.25, -0.2) is 0 Å². The lowest BCUT2D eigenvalue weighted by Crippen LogP contribution is -2.16. The Balaban J connectivity index is 2.44. The molecule has 126 valence electrons. The van der Waals surface area contributed by atoms with Crippen LogP contribution in [-0.2, 0) is 6.18 Å². The van der Waals surface area contributed by atoms with Crippen molar-refractivity contribution in [2.75, 3.05) is 12.4 Å². The third kappa shape index (κ3) is 4.02. The van der Waals surface area contributed by atoms with E-state index in [-0.39, 0.29) is 11.4 Å². The topological polar surface area (TPSA) is 67.5 Å². The van der Waals surface area contributed by atoms with Crippen LogP contribution in [0.3, 0.4) is 0 Å². The molecule has 0 amide bonds. The normalized spacial score (nSPS) is 12.1. The smallest absolute Gasteiger partial charge is 0.340 e. The summed E-state index contributed by atoms with van der Waals surface area (Å²) in [5.74, 6) is 0.0674. The zero-order valence-electron chi connectivity index (χ0n) is 12.3. The molecule has 0 saturated carbocycles. The summed E-state index contributed by atoms with van der Waals surface area (Å²) in [7, 11) is 1.37. The van der Waals surface area contributed by atoms with Crippen LogP contribution in [0, 0.1) is 10.1 Å². The van der Waals surface area contributed by atoms with Crippen LogP contribution in [0.15, 0.2) is 47.5 Å². The maximum absolute atomic E-state index is 12.7. The molecule has 2 aromatic rings. The van der Waals surface area contributed by atoms with Crippen LogP contribution in [-0.4, -0.2) is 17.8 Å². The molecule has 0 aliphatic rings. The predicted octanol–water partition coefficient (Wildman–Crippen LogP) is 4.76. The van der Waals surface area contributed by atoms with Gasteiger partial charge in [0.25, 0.3) is 5.69 Å². The number of anilines is 1. The van der Waals surface area contributed by atoms with Gasteiger partial charge in [0.15, 0.2) is 0 Å². The van der Waals surface area contributed by atoms with Gasteiger partial charge in [-0.2, -0.15) is 13.2 Å². The predicted molar refractivity (Wildman–Crippen MR) is 85.6 cm³/mol. The molecule has 0 radical (unpaired) electrons. The van der Waals surface area contributed by atoms with Crippen LogP contribution in [0.5, 0.6) is 0 Å². The van der Waals surface area contributed by atoms with E-state index < -0.39 is 22.4 Å². The van der Waals surface area contributed by atoms with E-state index in [1.807, 2.05) is 0 Å². The summed E-state index contributed by atoms with van der Waals surface area (Å²) in [6, 6.07) is 8.71. The van der Waals surface area contributed by atoms with Crippen LogP contribution in [0.4, 0.5) is 24.5 Å². The number of halogens is 4. The summed E-state index contributed by atoms with van der Waals surface area (Å²) >= 11 is 5.77. The Labute approximate surface area is 139 Å². The fraction of sp³-hybridized carbons (Fsp3) is 0.133. The van der Waals surface area contributed by atoms with Crippen molar-refractivity contribution in [1.82, 2.24) is 0 Å². The average Bonchev–Trinajstić information content (AvgIpc) is 2.53. The van der Waals surface area contributed by atoms with Crippen LogP contribution in [0.25, 0.3) is 0 Å². The molecule has 5 nitrogen and oxygen atoms in total. The molecule has 24 heavy (non-hydrogen) atoms. The van der Waals surface area contributed by atoms with Crippen LogP contribution >= 0.6 is 11.6 Å². The van der Waals surface area contributed by atoms with Crippen molar-refractivity contribution in [1.29, 1.82) is 0 Å². The molecule has 0 saturated heterocycles. The van der Waals surface area contributed by atoms with Gasteiger partial charge in [-0.1, -0.05) is 11.6 Å². The molecule has 0 heterocycles. The van der Waals surface area contributed by atoms with Crippen molar-refractivity contribution in [3.8, 4) is 0 Å². The molecule has 0 aliphatic heterocycles. The molecule has 1 N–H and O–H groups in total. The lowest BCUT2D eigenvalue weighted by atomic mass is 10.1. The third-order valence-electron chi connectivity index (χ3n) is 3.11. The molecular weight excluding hydrogens is 347 g/mol. The Morgan fingerprint density at radius 2 is 1.83 bits per heavy atom. The van der Waals surface area contributed by atoms with Gasteiger partial charge in [0.05, 0.1) is 16.1 Å². The SMILES string of the molecule is CN=C(Nc1ccc(Cl)cc1)c1ccc(C(F)(F)F)cc1[N+](=O)[O-]. The van der Waals surface area contributed by atoms with Gasteiger partial charge in [-0.05, 0) is 36.4 Å². The summed E-state index contributed by atoms with van der Waals surface area (Å²) in [4.78, 5) is 14.2. The van der Waals surface area contributed by atoms with Gasteiger partial charge in [0.1, 0.15) is 5.84 Å². The van der Waals surface area contributed by atoms with E-state index in [1.54, 1.807) is 24.3 Å². The first-order valence-electron chi connectivity index (χ1n) is 6.57. The van der Waals surface area contributed by atoms with Crippen molar-refractivity contribution in [2.45, 2.75) is 6.18 Å². The zero-order valence-corrected chi connectivity index (χ0v) is 13.0. The Hall–Kier alpha value is -2.61. The summed E-state index contributed by atoms with van der Waals surface area (Å²) in [5.41, 5.74) is -1.30. The van der Waals surface area contributed by atoms with E-state index in [4.69, 9.17) is 11.6 Å². The standard InChI is InChI=1S/C15H11ClF3N3O2/c1-20-14(21-11-5-3-10(16)4-6-11)12-7-2-9(15(17,18)19)8-13(12)22(23)24/h2-8H,1H3,(H,20,21). The van der Waals surface area contributed by atoms with Crippen molar-refractivity contribution in [2.24, 2.45) is 4.99 Å². The highest BCUT2D eigenvalue weighted by Gasteiger charge is 2.33. The summed E-state index contributed by atoms with van der Waals surface area (Å²) in [5, 5.41) is 14.5. The number of nitro benzene ring substituents is 1. The number of amidine groups is 1. The highest BCUT2D eigenvalue weighted by atomic mass is 35.5. The monoisotopic (exact) mass is 357 g/mol. The Morgan fingerprint density at radius 3 is 2.33 bits per heavy atom. The van der Waals surface area contributed by atoms with Gasteiger partial charge < -0.3 is 5.32 Å². The molecular formula is C15H11ClF3N3O2. The van der Waals surface area contributed by atoms with Crippen LogP contribution < -0.4 is 5.32 Å². The number of aliphatic imine (C=N–C) groups is 1.